The van der Waals surface area contributed by atoms with Crippen LogP contribution in [0.15, 0.2) is 18.3 Å². The van der Waals surface area contributed by atoms with E-state index in [1.54, 1.807) is 6.20 Å². The Labute approximate surface area is 149 Å². The van der Waals surface area contributed by atoms with Crippen molar-refractivity contribution in [2.75, 3.05) is 37.8 Å². The smallest absolute Gasteiger partial charge is 0.257 e. The number of likely N-dealkylation sites (tertiary alicyclic amines) is 2. The molecule has 0 bridgehead atoms. The van der Waals surface area contributed by atoms with Crippen LogP contribution in [0.4, 0.5) is 5.82 Å². The zero-order chi connectivity index (χ0) is 17.1. The summed E-state index contributed by atoms with van der Waals surface area (Å²) in [5, 5.41) is 3.80. The predicted molar refractivity (Wildman–Crippen MR) is 101 cm³/mol. The molecule has 0 aliphatic carbocycles. The number of aromatic nitrogens is 1. The number of rotatable bonds is 5. The second kappa shape index (κ2) is 7.74. The fourth-order valence-corrected chi connectivity index (χ4v) is 4.62. The molecule has 6 heteroatoms. The number of nitrogens with one attached hydrogen (secondary N) is 1. The molecule has 1 amide bonds. The van der Waals surface area contributed by atoms with Gasteiger partial charge < -0.3 is 10.2 Å². The van der Waals surface area contributed by atoms with Crippen molar-refractivity contribution >= 4 is 23.5 Å². The summed E-state index contributed by atoms with van der Waals surface area (Å²) in [6.45, 7) is 8.14. The van der Waals surface area contributed by atoms with Gasteiger partial charge in [-0.25, -0.2) is 4.98 Å². The van der Waals surface area contributed by atoms with Crippen LogP contribution in [0.1, 0.15) is 37.0 Å². The lowest BCUT2D eigenvalue weighted by Crippen LogP contribution is -2.40. The minimum absolute atomic E-state index is 0.104. The number of thioether (sulfide) groups is 1. The van der Waals surface area contributed by atoms with Crippen molar-refractivity contribution in [1.82, 2.24) is 14.8 Å². The molecule has 24 heavy (non-hydrogen) atoms. The van der Waals surface area contributed by atoms with Gasteiger partial charge in [0.25, 0.3) is 5.91 Å². The van der Waals surface area contributed by atoms with Gasteiger partial charge in [0, 0.05) is 36.6 Å². The van der Waals surface area contributed by atoms with Gasteiger partial charge in [-0.05, 0) is 58.2 Å². The molecule has 5 nitrogen and oxygen atoms in total. The molecule has 0 aromatic carbocycles. The Morgan fingerprint density at radius 2 is 2.08 bits per heavy atom. The summed E-state index contributed by atoms with van der Waals surface area (Å²) in [6.07, 6.45) is 6.48. The van der Waals surface area contributed by atoms with E-state index in [2.05, 4.69) is 35.3 Å². The average Bonchev–Trinajstić information content (AvgIpc) is 3.23. The first-order valence-electron chi connectivity index (χ1n) is 8.88. The minimum Gasteiger partial charge on any atom is -0.367 e. The van der Waals surface area contributed by atoms with Gasteiger partial charge in [0.2, 0.25) is 0 Å². The third kappa shape index (κ3) is 3.70. The number of carbonyl (C=O) groups is 1. The van der Waals surface area contributed by atoms with Crippen LogP contribution in [0.3, 0.4) is 0 Å². The number of carbonyl (C=O) groups excluding carboxylic acids is 1. The van der Waals surface area contributed by atoms with Crippen molar-refractivity contribution in [3.63, 3.8) is 0 Å². The SMILES string of the molecule is CSC1CN(C(=O)c2cccnc2NC(C)C)CC1N1CCCC1. The Bertz CT molecular complexity index is 574. The molecule has 0 saturated carbocycles. The van der Waals surface area contributed by atoms with Gasteiger partial charge >= 0.3 is 0 Å². The maximum Gasteiger partial charge on any atom is 0.257 e. The van der Waals surface area contributed by atoms with Crippen LogP contribution in [0.25, 0.3) is 0 Å². The van der Waals surface area contributed by atoms with E-state index in [1.807, 2.05) is 28.8 Å². The summed E-state index contributed by atoms with van der Waals surface area (Å²) in [5.41, 5.74) is 0.688. The maximum atomic E-state index is 13.1. The van der Waals surface area contributed by atoms with Crippen molar-refractivity contribution in [2.45, 2.75) is 44.0 Å². The third-order valence-electron chi connectivity index (χ3n) is 4.90. The van der Waals surface area contributed by atoms with Crippen molar-refractivity contribution in [1.29, 1.82) is 0 Å². The molecule has 2 atom stereocenters. The lowest BCUT2D eigenvalue weighted by molar-refractivity contribution is 0.0780. The molecule has 132 valence electrons. The van der Waals surface area contributed by atoms with Gasteiger partial charge in [-0.1, -0.05) is 0 Å². The van der Waals surface area contributed by atoms with Crippen LogP contribution in [0, 0.1) is 0 Å². The summed E-state index contributed by atoms with van der Waals surface area (Å²) in [7, 11) is 0. The number of pyridine rings is 1. The van der Waals surface area contributed by atoms with Crippen LogP contribution in [0.5, 0.6) is 0 Å². The molecule has 1 aromatic heterocycles. The Morgan fingerprint density at radius 3 is 2.75 bits per heavy atom. The standard InChI is InChI=1S/C18H28N4OS/c1-13(2)20-17-14(7-6-8-19-17)18(23)22-11-15(16(12-22)24-3)21-9-4-5-10-21/h6-8,13,15-16H,4-5,9-12H2,1-3H3,(H,19,20). The minimum atomic E-state index is 0.104. The summed E-state index contributed by atoms with van der Waals surface area (Å²) < 4.78 is 0. The fraction of sp³-hybridized carbons (Fsp3) is 0.667. The molecule has 1 aromatic rings. The highest BCUT2D eigenvalue weighted by Gasteiger charge is 2.39. The third-order valence-corrected chi connectivity index (χ3v) is 5.97. The lowest BCUT2D eigenvalue weighted by atomic mass is 10.2. The van der Waals surface area contributed by atoms with Crippen LogP contribution >= 0.6 is 11.8 Å². The molecule has 1 N–H and O–H groups in total. The van der Waals surface area contributed by atoms with Crippen molar-refractivity contribution in [3.8, 4) is 0 Å². The number of amides is 1. The Morgan fingerprint density at radius 1 is 1.33 bits per heavy atom. The summed E-state index contributed by atoms with van der Waals surface area (Å²) in [6, 6.07) is 4.47. The van der Waals surface area contributed by atoms with Gasteiger partial charge in [-0.3, -0.25) is 9.69 Å². The first kappa shape index (κ1) is 17.5. The van der Waals surface area contributed by atoms with E-state index in [-0.39, 0.29) is 11.9 Å². The topological polar surface area (TPSA) is 48.5 Å². The predicted octanol–water partition coefficient (Wildman–Crippen LogP) is 2.55. The van der Waals surface area contributed by atoms with Gasteiger partial charge in [0.1, 0.15) is 5.82 Å². The van der Waals surface area contributed by atoms with Crippen LogP contribution < -0.4 is 5.32 Å². The number of nitrogens with zero attached hydrogens (tertiary/aromatic N) is 3. The Balaban J connectivity index is 1.76. The quantitative estimate of drug-likeness (QED) is 0.886. The van der Waals surface area contributed by atoms with Crippen molar-refractivity contribution < 1.29 is 4.79 Å². The monoisotopic (exact) mass is 348 g/mol. The number of anilines is 1. The molecule has 0 spiro atoms. The highest BCUT2D eigenvalue weighted by atomic mass is 32.2. The summed E-state index contributed by atoms with van der Waals surface area (Å²) >= 11 is 1.89. The number of hydrogen-bond acceptors (Lipinski definition) is 5. The van der Waals surface area contributed by atoms with Crippen molar-refractivity contribution in [2.24, 2.45) is 0 Å². The van der Waals surface area contributed by atoms with E-state index in [0.29, 0.717) is 22.7 Å². The molecular weight excluding hydrogens is 320 g/mol. The second-order valence-corrected chi connectivity index (χ2v) is 8.07. The van der Waals surface area contributed by atoms with E-state index in [4.69, 9.17) is 0 Å². The van der Waals surface area contributed by atoms with Gasteiger partial charge in [-0.2, -0.15) is 11.8 Å². The van der Waals surface area contributed by atoms with Gasteiger partial charge in [-0.15, -0.1) is 0 Å². The second-order valence-electron chi connectivity index (χ2n) is 6.99. The van der Waals surface area contributed by atoms with E-state index in [9.17, 15) is 4.79 Å². The molecule has 2 aliphatic rings. The number of hydrogen-bond donors (Lipinski definition) is 1. The first-order valence-corrected chi connectivity index (χ1v) is 10.2. The summed E-state index contributed by atoms with van der Waals surface area (Å²) in [5.74, 6) is 0.801. The van der Waals surface area contributed by atoms with Crippen LogP contribution in [-0.2, 0) is 0 Å². The van der Waals surface area contributed by atoms with E-state index in [0.717, 1.165) is 13.1 Å². The lowest BCUT2D eigenvalue weighted by Gasteiger charge is -2.27. The van der Waals surface area contributed by atoms with E-state index >= 15 is 0 Å². The molecule has 2 unspecified atom stereocenters. The highest BCUT2D eigenvalue weighted by Crippen LogP contribution is 2.29. The Hall–Kier alpha value is -1.27. The highest BCUT2D eigenvalue weighted by molar-refractivity contribution is 7.99. The first-order chi connectivity index (χ1) is 11.6. The molecular formula is C18H28N4OS. The van der Waals surface area contributed by atoms with E-state index in [1.165, 1.54) is 25.9 Å². The summed E-state index contributed by atoms with van der Waals surface area (Å²) in [4.78, 5) is 22.1. The average molecular weight is 349 g/mol. The molecule has 0 radical (unpaired) electrons. The van der Waals surface area contributed by atoms with E-state index < -0.39 is 0 Å². The largest absolute Gasteiger partial charge is 0.367 e. The zero-order valence-electron chi connectivity index (χ0n) is 14.9. The maximum absolute atomic E-state index is 13.1. The van der Waals surface area contributed by atoms with Crippen LogP contribution in [-0.4, -0.2) is 70.5 Å². The fourth-order valence-electron chi connectivity index (χ4n) is 3.71. The molecule has 3 heterocycles. The van der Waals surface area contributed by atoms with Crippen molar-refractivity contribution in [3.05, 3.63) is 23.9 Å². The zero-order valence-corrected chi connectivity index (χ0v) is 15.7. The Kier molecular flexibility index (Phi) is 5.66. The molecule has 2 fully saturated rings. The molecule has 3 rings (SSSR count). The molecule has 2 aliphatic heterocycles. The molecule has 2 saturated heterocycles. The van der Waals surface area contributed by atoms with Crippen LogP contribution in [0.2, 0.25) is 0 Å². The van der Waals surface area contributed by atoms with Gasteiger partial charge in [0.05, 0.1) is 5.56 Å². The van der Waals surface area contributed by atoms with Gasteiger partial charge in [0.15, 0.2) is 0 Å². The normalized spacial score (nSPS) is 24.8.